The average Bonchev–Trinajstić information content (AvgIpc) is 3.25. The van der Waals surface area contributed by atoms with Gasteiger partial charge in [0.1, 0.15) is 5.75 Å². The second-order valence-corrected chi connectivity index (χ2v) is 6.68. The van der Waals surface area contributed by atoms with Crippen LogP contribution in [-0.2, 0) is 0 Å². The van der Waals surface area contributed by atoms with Crippen LogP contribution >= 0.6 is 11.6 Å². The Labute approximate surface area is 172 Å². The topological polar surface area (TPSA) is 64.4 Å². The SMILES string of the molecule is COc1ccc(Cl)cc1NC(=O)c1ccccc1-c1ncc(-c2ccccc2)o1. The average molecular weight is 405 g/mol. The van der Waals surface area contributed by atoms with Crippen LogP contribution in [-0.4, -0.2) is 18.0 Å². The highest BCUT2D eigenvalue weighted by Gasteiger charge is 2.18. The first-order chi connectivity index (χ1) is 14.2. The Kier molecular flexibility index (Phi) is 5.31. The number of benzene rings is 3. The van der Waals surface area contributed by atoms with E-state index in [0.29, 0.717) is 39.2 Å². The highest BCUT2D eigenvalue weighted by molar-refractivity contribution is 6.31. The smallest absolute Gasteiger partial charge is 0.256 e. The third-order valence-electron chi connectivity index (χ3n) is 4.38. The van der Waals surface area contributed by atoms with Crippen molar-refractivity contribution in [3.8, 4) is 28.5 Å². The molecule has 144 valence electrons. The number of hydrogen-bond donors (Lipinski definition) is 1. The number of halogens is 1. The predicted molar refractivity (Wildman–Crippen MR) is 113 cm³/mol. The van der Waals surface area contributed by atoms with Crippen LogP contribution in [0.4, 0.5) is 5.69 Å². The number of aromatic nitrogens is 1. The number of methoxy groups -OCH3 is 1. The summed E-state index contributed by atoms with van der Waals surface area (Å²) in [4.78, 5) is 17.4. The predicted octanol–water partition coefficient (Wildman–Crippen LogP) is 5.92. The number of oxazole rings is 1. The largest absolute Gasteiger partial charge is 0.495 e. The molecule has 0 saturated heterocycles. The van der Waals surface area contributed by atoms with Crippen molar-refractivity contribution in [1.82, 2.24) is 4.98 Å². The van der Waals surface area contributed by atoms with Crippen LogP contribution < -0.4 is 10.1 Å². The molecule has 0 aliphatic rings. The molecule has 1 amide bonds. The minimum Gasteiger partial charge on any atom is -0.495 e. The quantitative estimate of drug-likeness (QED) is 0.448. The molecule has 4 aromatic rings. The Hall–Kier alpha value is -3.57. The summed E-state index contributed by atoms with van der Waals surface area (Å²) in [5.41, 5.74) is 2.41. The van der Waals surface area contributed by atoms with Crippen LogP contribution in [0.5, 0.6) is 5.75 Å². The number of carbonyl (C=O) groups is 1. The van der Waals surface area contributed by atoms with Gasteiger partial charge in [-0.05, 0) is 30.3 Å². The summed E-state index contributed by atoms with van der Waals surface area (Å²) >= 11 is 6.06. The van der Waals surface area contributed by atoms with E-state index in [-0.39, 0.29) is 5.91 Å². The maximum absolute atomic E-state index is 13.0. The molecule has 0 aliphatic carbocycles. The van der Waals surface area contributed by atoms with Crippen molar-refractivity contribution in [3.05, 3.63) is 89.6 Å². The molecule has 5 nitrogen and oxygen atoms in total. The first-order valence-corrected chi connectivity index (χ1v) is 9.29. The number of ether oxygens (including phenoxy) is 1. The molecule has 0 bridgehead atoms. The highest BCUT2D eigenvalue weighted by Crippen LogP contribution is 2.31. The van der Waals surface area contributed by atoms with E-state index in [1.54, 1.807) is 42.6 Å². The zero-order valence-electron chi connectivity index (χ0n) is 15.6. The van der Waals surface area contributed by atoms with Gasteiger partial charge in [0.2, 0.25) is 5.89 Å². The Morgan fingerprint density at radius 3 is 2.59 bits per heavy atom. The lowest BCUT2D eigenvalue weighted by Crippen LogP contribution is -2.14. The van der Waals surface area contributed by atoms with Gasteiger partial charge in [-0.15, -0.1) is 0 Å². The van der Waals surface area contributed by atoms with Crippen LogP contribution in [0.3, 0.4) is 0 Å². The summed E-state index contributed by atoms with van der Waals surface area (Å²) < 4.78 is 11.2. The van der Waals surface area contributed by atoms with E-state index >= 15 is 0 Å². The lowest BCUT2D eigenvalue weighted by atomic mass is 10.1. The molecule has 6 heteroatoms. The number of nitrogens with one attached hydrogen (secondary N) is 1. The first-order valence-electron chi connectivity index (χ1n) is 8.91. The van der Waals surface area contributed by atoms with Crippen molar-refractivity contribution in [2.45, 2.75) is 0 Å². The molecule has 0 unspecified atom stereocenters. The van der Waals surface area contributed by atoms with Crippen molar-refractivity contribution < 1.29 is 13.9 Å². The molecule has 3 aromatic carbocycles. The van der Waals surface area contributed by atoms with Crippen molar-refractivity contribution >= 4 is 23.2 Å². The van der Waals surface area contributed by atoms with Gasteiger partial charge >= 0.3 is 0 Å². The number of anilines is 1. The van der Waals surface area contributed by atoms with Crippen LogP contribution in [0.2, 0.25) is 5.02 Å². The molecule has 0 aliphatic heterocycles. The highest BCUT2D eigenvalue weighted by atomic mass is 35.5. The fraction of sp³-hybridized carbons (Fsp3) is 0.0435. The van der Waals surface area contributed by atoms with Crippen LogP contribution in [0.15, 0.2) is 83.4 Å². The van der Waals surface area contributed by atoms with Gasteiger partial charge in [-0.3, -0.25) is 4.79 Å². The van der Waals surface area contributed by atoms with Gasteiger partial charge in [0.25, 0.3) is 5.91 Å². The van der Waals surface area contributed by atoms with Gasteiger partial charge in [0.05, 0.1) is 24.6 Å². The third-order valence-corrected chi connectivity index (χ3v) is 4.61. The number of carbonyl (C=O) groups excluding carboxylic acids is 1. The van der Waals surface area contributed by atoms with Crippen LogP contribution in [0.25, 0.3) is 22.8 Å². The van der Waals surface area contributed by atoms with Gasteiger partial charge < -0.3 is 14.5 Å². The van der Waals surface area contributed by atoms with Gasteiger partial charge in [-0.1, -0.05) is 54.1 Å². The lowest BCUT2D eigenvalue weighted by Gasteiger charge is -2.12. The Morgan fingerprint density at radius 1 is 1.03 bits per heavy atom. The molecule has 0 spiro atoms. The van der Waals surface area contributed by atoms with Crippen molar-refractivity contribution in [3.63, 3.8) is 0 Å². The molecule has 0 radical (unpaired) electrons. The zero-order chi connectivity index (χ0) is 20.2. The summed E-state index contributed by atoms with van der Waals surface area (Å²) in [5.74, 6) is 1.20. The van der Waals surface area contributed by atoms with Gasteiger partial charge in [-0.25, -0.2) is 4.98 Å². The maximum Gasteiger partial charge on any atom is 0.256 e. The minimum absolute atomic E-state index is 0.319. The Morgan fingerprint density at radius 2 is 1.79 bits per heavy atom. The molecular formula is C23H17ClN2O3. The van der Waals surface area contributed by atoms with E-state index in [0.717, 1.165) is 5.56 Å². The van der Waals surface area contributed by atoms with E-state index in [1.165, 1.54) is 7.11 Å². The summed E-state index contributed by atoms with van der Waals surface area (Å²) in [7, 11) is 1.53. The van der Waals surface area contributed by atoms with Crippen molar-refractivity contribution in [1.29, 1.82) is 0 Å². The molecular weight excluding hydrogens is 388 g/mol. The normalized spacial score (nSPS) is 10.6. The second kappa shape index (κ2) is 8.20. The number of nitrogens with zero attached hydrogens (tertiary/aromatic N) is 1. The standard InChI is InChI=1S/C23H17ClN2O3/c1-28-20-12-11-16(24)13-19(20)26-22(27)17-9-5-6-10-18(17)23-25-14-21(29-23)15-7-3-2-4-8-15/h2-14H,1H3,(H,26,27). The summed E-state index contributed by atoms with van der Waals surface area (Å²) in [6, 6.07) is 21.8. The van der Waals surface area contributed by atoms with E-state index in [1.807, 2.05) is 36.4 Å². The monoisotopic (exact) mass is 404 g/mol. The van der Waals surface area contributed by atoms with E-state index in [2.05, 4.69) is 10.3 Å². The summed E-state index contributed by atoms with van der Waals surface area (Å²) in [6.45, 7) is 0. The molecule has 1 N–H and O–H groups in total. The molecule has 0 atom stereocenters. The maximum atomic E-state index is 13.0. The van der Waals surface area contributed by atoms with E-state index in [4.69, 9.17) is 20.8 Å². The number of amides is 1. The van der Waals surface area contributed by atoms with Crippen molar-refractivity contribution in [2.24, 2.45) is 0 Å². The van der Waals surface area contributed by atoms with Gasteiger partial charge in [-0.2, -0.15) is 0 Å². The fourth-order valence-electron chi connectivity index (χ4n) is 2.97. The molecule has 0 fully saturated rings. The second-order valence-electron chi connectivity index (χ2n) is 6.24. The third kappa shape index (κ3) is 4.00. The van der Waals surface area contributed by atoms with Gasteiger partial charge in [0.15, 0.2) is 5.76 Å². The van der Waals surface area contributed by atoms with Crippen LogP contribution in [0, 0.1) is 0 Å². The Balaban J connectivity index is 1.67. The van der Waals surface area contributed by atoms with E-state index in [9.17, 15) is 4.79 Å². The van der Waals surface area contributed by atoms with Crippen LogP contribution in [0.1, 0.15) is 10.4 Å². The molecule has 1 aromatic heterocycles. The fourth-order valence-corrected chi connectivity index (χ4v) is 3.14. The Bertz CT molecular complexity index is 1160. The molecule has 29 heavy (non-hydrogen) atoms. The van der Waals surface area contributed by atoms with Crippen molar-refractivity contribution in [2.75, 3.05) is 12.4 Å². The summed E-state index contributed by atoms with van der Waals surface area (Å²) in [6.07, 6.45) is 1.65. The van der Waals surface area contributed by atoms with E-state index < -0.39 is 0 Å². The summed E-state index contributed by atoms with van der Waals surface area (Å²) in [5, 5.41) is 3.34. The number of rotatable bonds is 5. The molecule has 4 rings (SSSR count). The minimum atomic E-state index is -0.319. The van der Waals surface area contributed by atoms with Gasteiger partial charge in [0, 0.05) is 16.1 Å². The first kappa shape index (κ1) is 18.8. The molecule has 0 saturated carbocycles. The molecule has 1 heterocycles. The number of hydrogen-bond acceptors (Lipinski definition) is 4. The lowest BCUT2D eigenvalue weighted by molar-refractivity contribution is 0.102. The zero-order valence-corrected chi connectivity index (χ0v) is 16.3.